The van der Waals surface area contributed by atoms with E-state index >= 15 is 0 Å². The fraction of sp³-hybridized carbons (Fsp3) is 0.368. The van der Waals surface area contributed by atoms with Gasteiger partial charge in [0.15, 0.2) is 0 Å². The molecule has 3 nitrogen and oxygen atoms in total. The number of hydrogen-bond donors (Lipinski definition) is 0. The summed E-state index contributed by atoms with van der Waals surface area (Å²) in [5, 5.41) is 0. The lowest BCUT2D eigenvalue weighted by Crippen LogP contribution is -2.44. The second-order valence-electron chi connectivity index (χ2n) is 6.83. The maximum Gasteiger partial charge on any atom is 0.280 e. The third-order valence-electron chi connectivity index (χ3n) is 4.70. The van der Waals surface area contributed by atoms with E-state index in [1.54, 1.807) is 37.9 Å². The van der Waals surface area contributed by atoms with E-state index in [-0.39, 0.29) is 11.5 Å². The van der Waals surface area contributed by atoms with Crippen molar-refractivity contribution in [2.24, 2.45) is 4.99 Å². The molecule has 1 aromatic heterocycles. The molecule has 0 atom stereocenters. The minimum atomic E-state index is -2.63. The minimum absolute atomic E-state index is 0.244. The number of aromatic nitrogens is 1. The Balaban J connectivity index is 2.23. The Kier molecular flexibility index (Phi) is 4.09. The van der Waals surface area contributed by atoms with Gasteiger partial charge in [-0.15, -0.1) is 0 Å². The number of aliphatic imine (C=N–C) groups is 1. The molecule has 0 radical (unpaired) electrons. The molecule has 25 heavy (non-hydrogen) atoms. The molecule has 0 saturated heterocycles. The van der Waals surface area contributed by atoms with Gasteiger partial charge in [-0.05, 0) is 44.9 Å². The van der Waals surface area contributed by atoms with Gasteiger partial charge in [0.05, 0.1) is 11.4 Å². The molecule has 6 heteroatoms. The Hall–Kier alpha value is -2.37. The first-order chi connectivity index (χ1) is 11.6. The van der Waals surface area contributed by atoms with Gasteiger partial charge in [0.2, 0.25) is 0 Å². The summed E-state index contributed by atoms with van der Waals surface area (Å²) in [7, 11) is 1.80. The molecule has 0 amide bonds. The highest BCUT2D eigenvalue weighted by Crippen LogP contribution is 2.38. The average Bonchev–Trinajstić information content (AvgIpc) is 2.53. The zero-order valence-corrected chi connectivity index (χ0v) is 14.9. The number of fused-ring (bicyclic) bond motifs is 1. The Morgan fingerprint density at radius 2 is 1.80 bits per heavy atom. The van der Waals surface area contributed by atoms with Crippen molar-refractivity contribution >= 4 is 11.4 Å². The first kappa shape index (κ1) is 17.5. The average molecular weight is 347 g/mol. The van der Waals surface area contributed by atoms with Gasteiger partial charge < -0.3 is 4.90 Å². The first-order valence-electron chi connectivity index (χ1n) is 8.01. The molecule has 2 heterocycles. The lowest BCUT2D eigenvalue weighted by Gasteiger charge is -2.40. The highest BCUT2D eigenvalue weighted by Gasteiger charge is 2.34. The molecule has 0 fully saturated rings. The van der Waals surface area contributed by atoms with Crippen LogP contribution in [0, 0.1) is 19.7 Å². The van der Waals surface area contributed by atoms with Crippen molar-refractivity contribution in [3.8, 4) is 0 Å². The minimum Gasteiger partial charge on any atom is -0.348 e. The molecule has 0 bridgehead atoms. The van der Waals surface area contributed by atoms with Crippen molar-refractivity contribution in [3.05, 3.63) is 58.2 Å². The van der Waals surface area contributed by atoms with Crippen LogP contribution in [0.1, 0.15) is 48.2 Å². The smallest absolute Gasteiger partial charge is 0.280 e. The van der Waals surface area contributed by atoms with E-state index in [1.165, 1.54) is 6.20 Å². The second-order valence-corrected chi connectivity index (χ2v) is 6.83. The van der Waals surface area contributed by atoms with Gasteiger partial charge in [0, 0.05) is 24.4 Å². The number of alkyl halides is 2. The maximum atomic E-state index is 14.8. The van der Waals surface area contributed by atoms with Crippen LogP contribution in [0.2, 0.25) is 0 Å². The number of halogens is 3. The second kappa shape index (κ2) is 5.86. The van der Waals surface area contributed by atoms with Crippen molar-refractivity contribution in [1.82, 2.24) is 4.98 Å². The van der Waals surface area contributed by atoms with E-state index in [4.69, 9.17) is 4.99 Å². The number of aryl methyl sites for hydroxylation is 2. The number of pyridine rings is 1. The third-order valence-corrected chi connectivity index (χ3v) is 4.70. The Morgan fingerprint density at radius 3 is 2.40 bits per heavy atom. The molecule has 0 N–H and O–H groups in total. The van der Waals surface area contributed by atoms with Gasteiger partial charge in [-0.2, -0.15) is 0 Å². The van der Waals surface area contributed by atoms with Gasteiger partial charge in [0.25, 0.3) is 6.43 Å². The number of hydrogen-bond acceptors (Lipinski definition) is 3. The summed E-state index contributed by atoms with van der Waals surface area (Å²) in [5.74, 6) is -0.297. The molecule has 2 aromatic rings. The zero-order valence-electron chi connectivity index (χ0n) is 14.9. The molecular weight excluding hydrogens is 327 g/mol. The highest BCUT2D eigenvalue weighted by molar-refractivity contribution is 6.17. The lowest BCUT2D eigenvalue weighted by molar-refractivity contribution is 0.145. The van der Waals surface area contributed by atoms with Gasteiger partial charge in [0.1, 0.15) is 17.2 Å². The number of benzene rings is 1. The Morgan fingerprint density at radius 1 is 1.12 bits per heavy atom. The molecule has 0 saturated carbocycles. The third kappa shape index (κ3) is 2.79. The number of rotatable bonds is 2. The number of anilines is 1. The zero-order chi connectivity index (χ0) is 18.5. The summed E-state index contributed by atoms with van der Waals surface area (Å²) in [4.78, 5) is 10.4. The summed E-state index contributed by atoms with van der Waals surface area (Å²) in [6.07, 6.45) is -1.24. The standard InChI is InChI=1S/C19H20F3N3/c1-10-6-7-13-16(12-8-11(2)15(18(21)22)23-9-12)24-19(3,4)25(5)17(13)14(10)20/h6-9,18H,1-5H3. The predicted molar refractivity (Wildman–Crippen MR) is 93.2 cm³/mol. The number of nitrogens with zero attached hydrogens (tertiary/aromatic N) is 3. The van der Waals surface area contributed by atoms with E-state index in [1.807, 2.05) is 19.9 Å². The highest BCUT2D eigenvalue weighted by atomic mass is 19.3. The molecule has 1 aromatic carbocycles. The molecule has 0 aliphatic carbocycles. The van der Waals surface area contributed by atoms with Crippen LogP contribution in [-0.2, 0) is 0 Å². The summed E-state index contributed by atoms with van der Waals surface area (Å²) < 4.78 is 40.7. The molecule has 1 aliphatic heterocycles. The van der Waals surface area contributed by atoms with Crippen LogP contribution in [0.3, 0.4) is 0 Å². The van der Waals surface area contributed by atoms with Crippen LogP contribution in [0.5, 0.6) is 0 Å². The maximum absolute atomic E-state index is 14.8. The summed E-state index contributed by atoms with van der Waals surface area (Å²) >= 11 is 0. The van der Waals surface area contributed by atoms with Crippen LogP contribution < -0.4 is 4.90 Å². The fourth-order valence-electron chi connectivity index (χ4n) is 3.03. The van der Waals surface area contributed by atoms with Gasteiger partial charge in [-0.1, -0.05) is 12.1 Å². The largest absolute Gasteiger partial charge is 0.348 e. The molecule has 0 spiro atoms. The lowest BCUT2D eigenvalue weighted by atomic mass is 9.94. The van der Waals surface area contributed by atoms with E-state index in [0.29, 0.717) is 33.7 Å². The molecule has 3 rings (SSSR count). The van der Waals surface area contributed by atoms with Gasteiger partial charge in [-0.25, -0.2) is 13.2 Å². The molecule has 132 valence electrons. The van der Waals surface area contributed by atoms with Crippen LogP contribution in [0.25, 0.3) is 0 Å². The van der Waals surface area contributed by atoms with Gasteiger partial charge in [-0.3, -0.25) is 9.98 Å². The van der Waals surface area contributed by atoms with Crippen LogP contribution >= 0.6 is 0 Å². The Bertz CT molecular complexity index is 872. The van der Waals surface area contributed by atoms with Crippen molar-refractivity contribution in [2.75, 3.05) is 11.9 Å². The monoisotopic (exact) mass is 347 g/mol. The van der Waals surface area contributed by atoms with Crippen molar-refractivity contribution < 1.29 is 13.2 Å². The fourth-order valence-corrected chi connectivity index (χ4v) is 3.03. The normalized spacial score (nSPS) is 16.0. The van der Waals surface area contributed by atoms with E-state index in [9.17, 15) is 13.2 Å². The van der Waals surface area contributed by atoms with E-state index in [0.717, 1.165) is 0 Å². The quantitative estimate of drug-likeness (QED) is 0.781. The van der Waals surface area contributed by atoms with E-state index < -0.39 is 12.1 Å². The predicted octanol–water partition coefficient (Wildman–Crippen LogP) is 4.80. The van der Waals surface area contributed by atoms with E-state index in [2.05, 4.69) is 4.98 Å². The first-order valence-corrected chi connectivity index (χ1v) is 8.01. The van der Waals surface area contributed by atoms with Crippen LogP contribution in [0.15, 0.2) is 29.4 Å². The summed E-state index contributed by atoms with van der Waals surface area (Å²) in [5.41, 5.74) is 2.28. The SMILES string of the molecule is Cc1cc(C2=NC(C)(C)N(C)c3c2ccc(C)c3F)cnc1C(F)F. The summed E-state index contributed by atoms with van der Waals surface area (Å²) in [6.45, 7) is 7.07. The van der Waals surface area contributed by atoms with Crippen molar-refractivity contribution in [2.45, 2.75) is 39.8 Å². The van der Waals surface area contributed by atoms with Crippen LogP contribution in [-0.4, -0.2) is 23.4 Å². The van der Waals surface area contributed by atoms with Crippen molar-refractivity contribution in [3.63, 3.8) is 0 Å². The van der Waals surface area contributed by atoms with Gasteiger partial charge >= 0.3 is 0 Å². The Labute approximate surface area is 145 Å². The van der Waals surface area contributed by atoms with Crippen molar-refractivity contribution in [1.29, 1.82) is 0 Å². The molecule has 1 aliphatic rings. The molecular formula is C19H20F3N3. The van der Waals surface area contributed by atoms with Crippen LogP contribution in [0.4, 0.5) is 18.9 Å². The summed E-state index contributed by atoms with van der Waals surface area (Å²) in [6, 6.07) is 5.15. The molecule has 0 unspecified atom stereocenters. The topological polar surface area (TPSA) is 28.5 Å².